The summed E-state index contributed by atoms with van der Waals surface area (Å²) < 4.78 is 7.98. The summed E-state index contributed by atoms with van der Waals surface area (Å²) in [7, 11) is 0. The third kappa shape index (κ3) is 4.53. The van der Waals surface area contributed by atoms with Crippen molar-refractivity contribution in [3.63, 3.8) is 0 Å². The summed E-state index contributed by atoms with van der Waals surface area (Å²) in [5, 5.41) is 1.17. The van der Waals surface area contributed by atoms with Crippen LogP contribution in [0.25, 0.3) is 10.9 Å². The van der Waals surface area contributed by atoms with Gasteiger partial charge in [0.1, 0.15) is 12.3 Å². The van der Waals surface area contributed by atoms with Crippen molar-refractivity contribution in [2.75, 3.05) is 26.2 Å². The maximum atomic E-state index is 12.9. The Labute approximate surface area is 172 Å². The van der Waals surface area contributed by atoms with Crippen molar-refractivity contribution < 1.29 is 9.21 Å². The molecule has 1 aliphatic heterocycles. The molecule has 1 amide bonds. The number of amides is 1. The lowest BCUT2D eigenvalue weighted by atomic mass is 9.94. The second-order valence-corrected chi connectivity index (χ2v) is 8.88. The van der Waals surface area contributed by atoms with Crippen LogP contribution < -0.4 is 0 Å². The summed E-state index contributed by atoms with van der Waals surface area (Å²) in [6.45, 7) is 10.8. The van der Waals surface area contributed by atoms with Gasteiger partial charge < -0.3 is 13.9 Å². The fourth-order valence-corrected chi connectivity index (χ4v) is 3.82. The molecule has 1 aromatic carbocycles. The van der Waals surface area contributed by atoms with E-state index >= 15 is 0 Å². The van der Waals surface area contributed by atoms with Crippen LogP contribution in [0.2, 0.25) is 0 Å². The zero-order chi connectivity index (χ0) is 20.4. The molecule has 29 heavy (non-hydrogen) atoms. The van der Waals surface area contributed by atoms with Crippen LogP contribution in [0.15, 0.2) is 47.1 Å². The molecule has 0 saturated carbocycles. The minimum absolute atomic E-state index is 0.0319. The Balaban J connectivity index is 1.34. The van der Waals surface area contributed by atoms with Gasteiger partial charge in [0, 0.05) is 43.3 Å². The maximum Gasteiger partial charge on any atom is 0.242 e. The first-order chi connectivity index (χ1) is 13.9. The molecule has 6 heteroatoms. The van der Waals surface area contributed by atoms with Gasteiger partial charge in [0.2, 0.25) is 11.8 Å². The van der Waals surface area contributed by atoms with Crippen molar-refractivity contribution in [1.82, 2.24) is 19.4 Å². The normalized spacial score (nSPS) is 16.3. The van der Waals surface area contributed by atoms with Gasteiger partial charge in [-0.2, -0.15) is 0 Å². The number of nitrogens with zero attached hydrogens (tertiary/aromatic N) is 4. The van der Waals surface area contributed by atoms with Crippen LogP contribution in [0.3, 0.4) is 0 Å². The van der Waals surface area contributed by atoms with E-state index in [1.807, 2.05) is 34.0 Å². The summed E-state index contributed by atoms with van der Waals surface area (Å²) in [6.07, 6.45) is 4.80. The Morgan fingerprint density at radius 2 is 1.93 bits per heavy atom. The van der Waals surface area contributed by atoms with E-state index in [2.05, 4.69) is 48.9 Å². The molecule has 0 aliphatic carbocycles. The van der Waals surface area contributed by atoms with Crippen molar-refractivity contribution in [2.24, 2.45) is 0 Å². The van der Waals surface area contributed by atoms with Gasteiger partial charge in [-0.1, -0.05) is 39.0 Å². The first-order valence-electron chi connectivity index (χ1n) is 10.4. The molecule has 154 valence electrons. The minimum atomic E-state index is -0.0319. The van der Waals surface area contributed by atoms with Crippen LogP contribution in [-0.2, 0) is 23.3 Å². The van der Waals surface area contributed by atoms with E-state index in [-0.39, 0.29) is 11.3 Å². The van der Waals surface area contributed by atoms with Gasteiger partial charge in [-0.15, -0.1) is 0 Å². The summed E-state index contributed by atoms with van der Waals surface area (Å²) in [5.41, 5.74) is 1.08. The van der Waals surface area contributed by atoms with Crippen molar-refractivity contribution in [3.8, 4) is 0 Å². The van der Waals surface area contributed by atoms with Gasteiger partial charge in [-0.05, 0) is 23.9 Å². The van der Waals surface area contributed by atoms with E-state index in [0.717, 1.165) is 49.8 Å². The van der Waals surface area contributed by atoms with Gasteiger partial charge in [-0.25, -0.2) is 4.98 Å². The smallest absolute Gasteiger partial charge is 0.242 e. The average molecular weight is 395 g/mol. The summed E-state index contributed by atoms with van der Waals surface area (Å²) >= 11 is 0. The number of rotatable bonds is 4. The first kappa shape index (κ1) is 19.7. The van der Waals surface area contributed by atoms with E-state index < -0.39 is 0 Å². The van der Waals surface area contributed by atoms with E-state index in [9.17, 15) is 4.79 Å². The standard InChI is InChI=1S/C23H30N4O2/c1-23(2,3)20-15-24-21(29-20)16-25-10-6-11-26(14-13-25)22(28)17-27-12-9-18-7-4-5-8-19(18)27/h4-5,7-9,12,15H,6,10-11,13-14,16-17H2,1-3H3. The number of para-hydroxylation sites is 1. The molecule has 0 spiro atoms. The van der Waals surface area contributed by atoms with E-state index in [1.165, 1.54) is 5.39 Å². The molecule has 1 aliphatic rings. The van der Waals surface area contributed by atoms with E-state index in [4.69, 9.17) is 4.42 Å². The molecule has 4 rings (SSSR count). The zero-order valence-electron chi connectivity index (χ0n) is 17.6. The molecule has 3 aromatic rings. The predicted octanol–water partition coefficient (Wildman–Crippen LogP) is 3.66. The highest BCUT2D eigenvalue weighted by molar-refractivity contribution is 5.83. The number of carbonyl (C=O) groups is 1. The second-order valence-electron chi connectivity index (χ2n) is 8.88. The number of hydrogen-bond donors (Lipinski definition) is 0. The van der Waals surface area contributed by atoms with Gasteiger partial charge in [0.15, 0.2) is 0 Å². The number of oxazole rings is 1. The van der Waals surface area contributed by atoms with E-state index in [0.29, 0.717) is 13.1 Å². The number of hydrogen-bond acceptors (Lipinski definition) is 4. The van der Waals surface area contributed by atoms with Crippen LogP contribution in [-0.4, -0.2) is 51.4 Å². The fraction of sp³-hybridized carbons (Fsp3) is 0.478. The quantitative estimate of drug-likeness (QED) is 0.678. The van der Waals surface area contributed by atoms with Crippen LogP contribution in [0.1, 0.15) is 38.8 Å². The van der Waals surface area contributed by atoms with Crippen LogP contribution >= 0.6 is 0 Å². The number of fused-ring (bicyclic) bond motifs is 1. The highest BCUT2D eigenvalue weighted by atomic mass is 16.4. The second kappa shape index (κ2) is 8.03. The number of aromatic nitrogens is 2. The van der Waals surface area contributed by atoms with Crippen LogP contribution in [0.5, 0.6) is 0 Å². The molecular formula is C23H30N4O2. The summed E-state index contributed by atoms with van der Waals surface area (Å²) in [4.78, 5) is 21.7. The summed E-state index contributed by atoms with van der Waals surface area (Å²) in [5.74, 6) is 1.85. The minimum Gasteiger partial charge on any atom is -0.444 e. The SMILES string of the molecule is CC(C)(C)c1cnc(CN2CCCN(C(=O)Cn3ccc4ccccc43)CC2)o1. The predicted molar refractivity (Wildman–Crippen MR) is 114 cm³/mol. The zero-order valence-corrected chi connectivity index (χ0v) is 17.6. The highest BCUT2D eigenvalue weighted by Crippen LogP contribution is 2.23. The average Bonchev–Trinajstić information content (AvgIpc) is 3.24. The lowest BCUT2D eigenvalue weighted by molar-refractivity contribution is -0.131. The van der Waals surface area contributed by atoms with Crippen molar-refractivity contribution in [2.45, 2.75) is 45.7 Å². The van der Waals surface area contributed by atoms with Crippen molar-refractivity contribution in [1.29, 1.82) is 0 Å². The first-order valence-corrected chi connectivity index (χ1v) is 10.4. The molecule has 1 saturated heterocycles. The fourth-order valence-electron chi connectivity index (χ4n) is 3.82. The van der Waals surface area contributed by atoms with Gasteiger partial charge in [-0.3, -0.25) is 9.69 Å². The van der Waals surface area contributed by atoms with Gasteiger partial charge in [0.25, 0.3) is 0 Å². The third-order valence-corrected chi connectivity index (χ3v) is 5.58. The molecule has 1 fully saturated rings. The van der Waals surface area contributed by atoms with Gasteiger partial charge >= 0.3 is 0 Å². The molecule has 6 nitrogen and oxygen atoms in total. The topological polar surface area (TPSA) is 54.5 Å². The summed E-state index contributed by atoms with van der Waals surface area (Å²) in [6, 6.07) is 10.2. The Morgan fingerprint density at radius 3 is 2.72 bits per heavy atom. The monoisotopic (exact) mass is 394 g/mol. The maximum absolute atomic E-state index is 12.9. The molecule has 0 radical (unpaired) electrons. The largest absolute Gasteiger partial charge is 0.444 e. The molecule has 0 atom stereocenters. The highest BCUT2D eigenvalue weighted by Gasteiger charge is 2.23. The Kier molecular flexibility index (Phi) is 5.46. The lowest BCUT2D eigenvalue weighted by Gasteiger charge is -2.22. The Morgan fingerprint density at radius 1 is 1.10 bits per heavy atom. The van der Waals surface area contributed by atoms with Gasteiger partial charge in [0.05, 0.1) is 12.7 Å². The molecule has 0 unspecified atom stereocenters. The van der Waals surface area contributed by atoms with Crippen molar-refractivity contribution in [3.05, 3.63) is 54.4 Å². The molecule has 3 heterocycles. The third-order valence-electron chi connectivity index (χ3n) is 5.58. The van der Waals surface area contributed by atoms with Crippen molar-refractivity contribution >= 4 is 16.8 Å². The number of carbonyl (C=O) groups excluding carboxylic acids is 1. The molecule has 2 aromatic heterocycles. The van der Waals surface area contributed by atoms with Crippen LogP contribution in [0.4, 0.5) is 0 Å². The number of benzene rings is 1. The van der Waals surface area contributed by atoms with Crippen LogP contribution in [0, 0.1) is 0 Å². The van der Waals surface area contributed by atoms with E-state index in [1.54, 1.807) is 0 Å². The Hall–Kier alpha value is -2.60. The Bertz CT molecular complexity index is 982. The molecular weight excluding hydrogens is 364 g/mol. The lowest BCUT2D eigenvalue weighted by Crippen LogP contribution is -2.37. The molecule has 0 N–H and O–H groups in total. The molecule has 0 bridgehead atoms.